The predicted molar refractivity (Wildman–Crippen MR) is 67.2 cm³/mol. The molecule has 2 heteroatoms. The second-order valence-corrected chi connectivity index (χ2v) is 5.86. The maximum atomic E-state index is 2.55. The molecule has 0 saturated heterocycles. The molecule has 1 fully saturated rings. The molecule has 1 aromatic heterocycles. The molecule has 1 nitrogen and oxygen atoms in total. The van der Waals surface area contributed by atoms with Crippen LogP contribution in [0, 0.1) is 5.92 Å². The summed E-state index contributed by atoms with van der Waals surface area (Å²) in [6.07, 6.45) is 5.66. The molecule has 84 valence electrons. The van der Waals surface area contributed by atoms with Crippen LogP contribution in [0.3, 0.4) is 0 Å². The molecule has 1 aliphatic carbocycles. The minimum atomic E-state index is 0.806. The average Bonchev–Trinajstić information content (AvgIpc) is 2.71. The molecule has 0 aliphatic heterocycles. The molecule has 0 amide bonds. The van der Waals surface area contributed by atoms with Gasteiger partial charge < -0.3 is 0 Å². The van der Waals surface area contributed by atoms with Crippen molar-refractivity contribution in [3.8, 4) is 0 Å². The third kappa shape index (κ3) is 2.82. The van der Waals surface area contributed by atoms with Gasteiger partial charge in [-0.2, -0.15) is 0 Å². The Balaban J connectivity index is 1.91. The number of hydrogen-bond acceptors (Lipinski definition) is 2. The zero-order valence-electron chi connectivity index (χ0n) is 9.78. The molecule has 2 atom stereocenters. The Morgan fingerprint density at radius 2 is 2.20 bits per heavy atom. The Hall–Kier alpha value is -0.340. The minimum Gasteiger partial charge on any atom is -0.298 e. The summed E-state index contributed by atoms with van der Waals surface area (Å²) < 4.78 is 0. The van der Waals surface area contributed by atoms with E-state index in [0.29, 0.717) is 0 Å². The van der Waals surface area contributed by atoms with Gasteiger partial charge in [-0.25, -0.2) is 0 Å². The zero-order valence-corrected chi connectivity index (χ0v) is 10.6. The second-order valence-electron chi connectivity index (χ2n) is 4.82. The third-order valence-corrected chi connectivity index (χ3v) is 4.48. The standard InChI is InChI=1S/C13H21NS/c1-11-6-3-4-8-13(11)14(2)10-12-7-5-9-15-12/h5,7,9,11,13H,3-4,6,8,10H2,1-2H3/t11-,13?/m1/s1. The molecule has 0 spiro atoms. The molecule has 1 aliphatic rings. The summed E-state index contributed by atoms with van der Waals surface area (Å²) in [5.41, 5.74) is 0. The highest BCUT2D eigenvalue weighted by Gasteiger charge is 2.24. The molecular formula is C13H21NS. The van der Waals surface area contributed by atoms with Gasteiger partial charge in [0.25, 0.3) is 0 Å². The van der Waals surface area contributed by atoms with Gasteiger partial charge in [-0.05, 0) is 37.3 Å². The van der Waals surface area contributed by atoms with Gasteiger partial charge in [-0.1, -0.05) is 25.8 Å². The third-order valence-electron chi connectivity index (χ3n) is 3.62. The fraction of sp³-hybridized carbons (Fsp3) is 0.692. The van der Waals surface area contributed by atoms with E-state index in [1.807, 2.05) is 11.3 Å². The van der Waals surface area contributed by atoms with E-state index in [1.54, 1.807) is 0 Å². The molecule has 1 unspecified atom stereocenters. The highest BCUT2D eigenvalue weighted by molar-refractivity contribution is 7.09. The van der Waals surface area contributed by atoms with E-state index in [9.17, 15) is 0 Å². The summed E-state index contributed by atoms with van der Waals surface area (Å²) in [5, 5.41) is 2.17. The van der Waals surface area contributed by atoms with Crippen molar-refractivity contribution in [2.75, 3.05) is 7.05 Å². The Bertz CT molecular complexity index is 281. The van der Waals surface area contributed by atoms with E-state index in [2.05, 4.69) is 36.4 Å². The lowest BCUT2D eigenvalue weighted by molar-refractivity contribution is 0.134. The average molecular weight is 223 g/mol. The van der Waals surface area contributed by atoms with Crippen LogP contribution in [0.4, 0.5) is 0 Å². The van der Waals surface area contributed by atoms with Gasteiger partial charge in [0.15, 0.2) is 0 Å². The Kier molecular flexibility index (Phi) is 3.81. The lowest BCUT2D eigenvalue weighted by Gasteiger charge is -2.36. The molecular weight excluding hydrogens is 202 g/mol. The molecule has 1 aromatic rings. The van der Waals surface area contributed by atoms with Crippen molar-refractivity contribution < 1.29 is 0 Å². The zero-order chi connectivity index (χ0) is 10.7. The topological polar surface area (TPSA) is 3.24 Å². The van der Waals surface area contributed by atoms with Gasteiger partial charge in [0.1, 0.15) is 0 Å². The van der Waals surface area contributed by atoms with Gasteiger partial charge in [-0.15, -0.1) is 11.3 Å². The van der Waals surface area contributed by atoms with Crippen LogP contribution >= 0.6 is 11.3 Å². The van der Waals surface area contributed by atoms with Crippen LogP contribution in [0.25, 0.3) is 0 Å². The van der Waals surface area contributed by atoms with Crippen LogP contribution in [0.5, 0.6) is 0 Å². The molecule has 0 radical (unpaired) electrons. The lowest BCUT2D eigenvalue weighted by Crippen LogP contribution is -2.38. The van der Waals surface area contributed by atoms with Gasteiger partial charge >= 0.3 is 0 Å². The van der Waals surface area contributed by atoms with E-state index in [-0.39, 0.29) is 0 Å². The van der Waals surface area contributed by atoms with E-state index >= 15 is 0 Å². The number of nitrogens with zero attached hydrogens (tertiary/aromatic N) is 1. The molecule has 1 saturated carbocycles. The van der Waals surface area contributed by atoms with Crippen molar-refractivity contribution in [2.45, 2.75) is 45.2 Å². The first kappa shape index (κ1) is 11.2. The first-order valence-corrected chi connectivity index (χ1v) is 6.88. The number of hydrogen-bond donors (Lipinski definition) is 0. The SMILES string of the molecule is C[C@@H]1CCCCC1N(C)Cc1cccs1. The van der Waals surface area contributed by atoms with Crippen LogP contribution in [-0.4, -0.2) is 18.0 Å². The maximum Gasteiger partial charge on any atom is 0.0327 e. The highest BCUT2D eigenvalue weighted by atomic mass is 32.1. The lowest BCUT2D eigenvalue weighted by atomic mass is 9.85. The summed E-state index contributed by atoms with van der Waals surface area (Å²) in [4.78, 5) is 4.05. The monoisotopic (exact) mass is 223 g/mol. The summed E-state index contributed by atoms with van der Waals surface area (Å²) in [6.45, 7) is 3.54. The van der Waals surface area contributed by atoms with E-state index < -0.39 is 0 Å². The minimum absolute atomic E-state index is 0.806. The van der Waals surface area contributed by atoms with Crippen LogP contribution in [0.15, 0.2) is 17.5 Å². The maximum absolute atomic E-state index is 2.55. The van der Waals surface area contributed by atoms with Crippen molar-refractivity contribution in [3.63, 3.8) is 0 Å². The Morgan fingerprint density at radius 1 is 1.40 bits per heavy atom. The fourth-order valence-corrected chi connectivity index (χ4v) is 3.48. The molecule has 15 heavy (non-hydrogen) atoms. The first-order chi connectivity index (χ1) is 7.27. The molecule has 1 heterocycles. The summed E-state index contributed by atoms with van der Waals surface area (Å²) in [7, 11) is 2.28. The quantitative estimate of drug-likeness (QED) is 0.754. The summed E-state index contributed by atoms with van der Waals surface area (Å²) >= 11 is 1.87. The van der Waals surface area contributed by atoms with E-state index in [4.69, 9.17) is 0 Å². The molecule has 0 aromatic carbocycles. The van der Waals surface area contributed by atoms with Crippen LogP contribution < -0.4 is 0 Å². The smallest absolute Gasteiger partial charge is 0.0327 e. The van der Waals surface area contributed by atoms with E-state index in [0.717, 1.165) is 18.5 Å². The van der Waals surface area contributed by atoms with Crippen molar-refractivity contribution in [1.29, 1.82) is 0 Å². The summed E-state index contributed by atoms with van der Waals surface area (Å²) in [6, 6.07) is 5.20. The normalized spacial score (nSPS) is 27.1. The van der Waals surface area contributed by atoms with Gasteiger partial charge in [0, 0.05) is 17.5 Å². The van der Waals surface area contributed by atoms with Gasteiger partial charge in [0.05, 0.1) is 0 Å². The van der Waals surface area contributed by atoms with E-state index in [1.165, 1.54) is 30.6 Å². The number of thiophene rings is 1. The van der Waals surface area contributed by atoms with Crippen molar-refractivity contribution >= 4 is 11.3 Å². The fourth-order valence-electron chi connectivity index (χ4n) is 2.72. The predicted octanol–water partition coefficient (Wildman–Crippen LogP) is 3.76. The Labute approximate surface area is 97.1 Å². The van der Waals surface area contributed by atoms with Crippen LogP contribution in [0.1, 0.15) is 37.5 Å². The summed E-state index contributed by atoms with van der Waals surface area (Å²) in [5.74, 6) is 0.878. The molecule has 0 N–H and O–H groups in total. The van der Waals surface area contributed by atoms with Gasteiger partial charge in [0.2, 0.25) is 0 Å². The van der Waals surface area contributed by atoms with Crippen molar-refractivity contribution in [1.82, 2.24) is 4.90 Å². The Morgan fingerprint density at radius 3 is 2.87 bits per heavy atom. The molecule has 0 bridgehead atoms. The highest BCUT2D eigenvalue weighted by Crippen LogP contribution is 2.28. The van der Waals surface area contributed by atoms with Gasteiger partial charge in [-0.3, -0.25) is 4.90 Å². The van der Waals surface area contributed by atoms with Crippen LogP contribution in [0.2, 0.25) is 0 Å². The van der Waals surface area contributed by atoms with Crippen molar-refractivity contribution in [3.05, 3.63) is 22.4 Å². The first-order valence-electron chi connectivity index (χ1n) is 6.00. The van der Waals surface area contributed by atoms with Crippen LogP contribution in [-0.2, 0) is 6.54 Å². The largest absolute Gasteiger partial charge is 0.298 e. The number of rotatable bonds is 3. The molecule has 2 rings (SSSR count). The second kappa shape index (κ2) is 5.13. The van der Waals surface area contributed by atoms with Crippen molar-refractivity contribution in [2.24, 2.45) is 5.92 Å².